The van der Waals surface area contributed by atoms with Crippen LogP contribution in [0.2, 0.25) is 0 Å². The molecule has 0 aromatic heterocycles. The van der Waals surface area contributed by atoms with Gasteiger partial charge in [0, 0.05) is 13.0 Å². The Bertz CT molecular complexity index is 957. The van der Waals surface area contributed by atoms with E-state index in [0.717, 1.165) is 10.5 Å². The molecular formula is C17H20N4O6S. The Morgan fingerprint density at radius 1 is 1.50 bits per heavy atom. The summed E-state index contributed by atoms with van der Waals surface area (Å²) in [6, 6.07) is 4.23. The molecule has 0 aliphatic carbocycles. The highest BCUT2D eigenvalue weighted by Gasteiger charge is 2.51. The summed E-state index contributed by atoms with van der Waals surface area (Å²) in [6.07, 6.45) is 2.31. The van der Waals surface area contributed by atoms with E-state index in [1.54, 1.807) is 0 Å². The second kappa shape index (κ2) is 7.48. The molecular weight excluding hydrogens is 388 g/mol. The molecule has 0 bridgehead atoms. The van der Waals surface area contributed by atoms with Crippen LogP contribution in [-0.2, 0) is 21.2 Å². The van der Waals surface area contributed by atoms with Crippen LogP contribution in [-0.4, -0.2) is 60.0 Å². The van der Waals surface area contributed by atoms with Crippen LogP contribution >= 0.6 is 0 Å². The van der Waals surface area contributed by atoms with Crippen molar-refractivity contribution in [1.82, 2.24) is 4.31 Å². The predicted octanol–water partition coefficient (Wildman–Crippen LogP) is -0.325. The first-order valence-electron chi connectivity index (χ1n) is 8.62. The van der Waals surface area contributed by atoms with Crippen LogP contribution in [0.15, 0.2) is 28.1 Å². The third-order valence-electron chi connectivity index (χ3n) is 4.98. The number of fused-ring (bicyclic) bond motifs is 1. The number of rotatable bonds is 4. The van der Waals surface area contributed by atoms with Crippen LogP contribution in [0.5, 0.6) is 5.75 Å². The minimum atomic E-state index is -4.21. The number of carboxylic acids is 1. The number of nitrogens with two attached hydrogens (primary N) is 1. The number of benzene rings is 1. The average molecular weight is 408 g/mol. The van der Waals surface area contributed by atoms with E-state index in [0.29, 0.717) is 17.7 Å². The van der Waals surface area contributed by atoms with Gasteiger partial charge in [-0.3, -0.25) is 4.79 Å². The lowest BCUT2D eigenvalue weighted by molar-refractivity contribution is -0.146. The van der Waals surface area contributed by atoms with Crippen molar-refractivity contribution in [2.45, 2.75) is 35.9 Å². The van der Waals surface area contributed by atoms with Crippen LogP contribution in [0.25, 0.3) is 0 Å². The summed E-state index contributed by atoms with van der Waals surface area (Å²) in [5.41, 5.74) is 4.76. The van der Waals surface area contributed by atoms with Gasteiger partial charge in [-0.15, -0.1) is 0 Å². The Hall–Kier alpha value is -2.52. The zero-order chi connectivity index (χ0) is 20.5. The number of aliphatic hydroxyl groups is 1. The van der Waals surface area contributed by atoms with Gasteiger partial charge < -0.3 is 20.7 Å². The number of sulfonamides is 1. The van der Waals surface area contributed by atoms with Crippen molar-refractivity contribution < 1.29 is 28.2 Å². The first-order chi connectivity index (χ1) is 13.2. The molecule has 10 nitrogen and oxygen atoms in total. The van der Waals surface area contributed by atoms with Gasteiger partial charge >= 0.3 is 5.97 Å². The number of hydrogen-bond donors (Lipinski definition) is 3. The van der Waals surface area contributed by atoms with E-state index >= 15 is 0 Å². The molecule has 1 aromatic rings. The van der Waals surface area contributed by atoms with E-state index in [1.165, 1.54) is 24.4 Å². The standard InChI is InChI=1S/C17H20N4O6S/c18-10-20-9-17(19)14(16(23)24)2-1-5-21(17)28(25,26)13-3-4-15-11(7-13)6-12(22)8-27-15/h3-4,7,9,12,14,22H,1-2,5-6,8,19H2,(H,23,24). The van der Waals surface area contributed by atoms with Crippen molar-refractivity contribution >= 4 is 22.2 Å². The zero-order valence-electron chi connectivity index (χ0n) is 14.9. The molecule has 2 aliphatic rings. The molecule has 150 valence electrons. The Labute approximate surface area is 161 Å². The van der Waals surface area contributed by atoms with Gasteiger partial charge in [0.2, 0.25) is 16.2 Å². The summed E-state index contributed by atoms with van der Waals surface area (Å²) in [5, 5.41) is 28.0. The minimum Gasteiger partial charge on any atom is -0.491 e. The van der Waals surface area contributed by atoms with Crippen molar-refractivity contribution in [3.8, 4) is 11.9 Å². The summed E-state index contributed by atoms with van der Waals surface area (Å²) >= 11 is 0. The molecule has 3 unspecified atom stereocenters. The molecule has 2 aliphatic heterocycles. The van der Waals surface area contributed by atoms with Crippen molar-refractivity contribution in [3.05, 3.63) is 23.8 Å². The van der Waals surface area contributed by atoms with E-state index in [2.05, 4.69) is 4.99 Å². The monoisotopic (exact) mass is 408 g/mol. The molecule has 3 atom stereocenters. The van der Waals surface area contributed by atoms with Gasteiger partial charge in [-0.1, -0.05) is 0 Å². The van der Waals surface area contributed by atoms with Gasteiger partial charge in [0.05, 0.1) is 23.1 Å². The molecule has 0 saturated carbocycles. The van der Waals surface area contributed by atoms with E-state index in [4.69, 9.17) is 15.7 Å². The number of piperidine rings is 1. The number of ether oxygens (including phenoxy) is 1. The van der Waals surface area contributed by atoms with Crippen LogP contribution in [0.1, 0.15) is 18.4 Å². The van der Waals surface area contributed by atoms with E-state index in [9.17, 15) is 23.4 Å². The van der Waals surface area contributed by atoms with Crippen molar-refractivity contribution in [3.63, 3.8) is 0 Å². The number of hydrogen-bond acceptors (Lipinski definition) is 8. The molecule has 0 amide bonds. The number of carbonyl (C=O) groups is 1. The van der Waals surface area contributed by atoms with Gasteiger partial charge in [-0.05, 0) is 36.6 Å². The predicted molar refractivity (Wildman–Crippen MR) is 96.9 cm³/mol. The molecule has 3 rings (SSSR count). The van der Waals surface area contributed by atoms with Crippen LogP contribution < -0.4 is 10.5 Å². The Balaban J connectivity index is 2.06. The Kier molecular flexibility index (Phi) is 5.40. The molecule has 0 spiro atoms. The van der Waals surface area contributed by atoms with Gasteiger partial charge in [0.15, 0.2) is 0 Å². The normalized spacial score (nSPS) is 28.3. The lowest BCUT2D eigenvalue weighted by Gasteiger charge is -2.44. The summed E-state index contributed by atoms with van der Waals surface area (Å²) in [4.78, 5) is 14.9. The lowest BCUT2D eigenvalue weighted by Crippen LogP contribution is -2.67. The van der Waals surface area contributed by atoms with Crippen molar-refractivity contribution in [2.24, 2.45) is 16.6 Å². The smallest absolute Gasteiger partial charge is 0.310 e. The first-order valence-corrected chi connectivity index (χ1v) is 10.1. The topological polar surface area (TPSA) is 166 Å². The number of aliphatic imine (C=N–C) groups is 1. The fourth-order valence-electron chi connectivity index (χ4n) is 3.62. The molecule has 1 fully saturated rings. The summed E-state index contributed by atoms with van der Waals surface area (Å²) in [5.74, 6) is -2.04. The van der Waals surface area contributed by atoms with Gasteiger partial charge in [0.1, 0.15) is 18.0 Å². The van der Waals surface area contributed by atoms with Crippen LogP contribution in [0.3, 0.4) is 0 Å². The maximum atomic E-state index is 13.3. The second-order valence-corrected chi connectivity index (χ2v) is 8.66. The largest absolute Gasteiger partial charge is 0.491 e. The van der Waals surface area contributed by atoms with E-state index < -0.39 is 33.7 Å². The fraction of sp³-hybridized carbons (Fsp3) is 0.471. The van der Waals surface area contributed by atoms with Crippen molar-refractivity contribution in [2.75, 3.05) is 13.2 Å². The number of nitriles is 1. The summed E-state index contributed by atoms with van der Waals surface area (Å²) < 4.78 is 32.9. The molecule has 1 saturated heterocycles. The second-order valence-electron chi connectivity index (χ2n) is 6.79. The SMILES string of the molecule is N#CN=CC1(N)C(C(=O)O)CCCN1S(=O)(=O)c1ccc2c(c1)CC(O)CO2. The fourth-order valence-corrected chi connectivity index (χ4v) is 5.36. The number of aliphatic hydroxyl groups excluding tert-OH is 1. The number of carboxylic acid groups (broad SMARTS) is 1. The minimum absolute atomic E-state index is 0.0176. The molecule has 4 N–H and O–H groups in total. The molecule has 0 radical (unpaired) electrons. The van der Waals surface area contributed by atoms with E-state index in [-0.39, 0.29) is 30.9 Å². The number of aliphatic carboxylic acids is 1. The summed E-state index contributed by atoms with van der Waals surface area (Å²) in [6.45, 7) is 0.109. The third-order valence-corrected chi connectivity index (χ3v) is 6.91. The molecule has 2 heterocycles. The quantitative estimate of drug-likeness (QED) is 0.450. The van der Waals surface area contributed by atoms with Gasteiger partial charge in [-0.25, -0.2) is 8.42 Å². The van der Waals surface area contributed by atoms with Gasteiger partial charge in [-0.2, -0.15) is 14.6 Å². The average Bonchev–Trinajstić information content (AvgIpc) is 2.65. The maximum absolute atomic E-state index is 13.3. The maximum Gasteiger partial charge on any atom is 0.310 e. The Morgan fingerprint density at radius 2 is 2.25 bits per heavy atom. The van der Waals surface area contributed by atoms with Crippen LogP contribution in [0, 0.1) is 17.4 Å². The molecule has 28 heavy (non-hydrogen) atoms. The highest BCUT2D eigenvalue weighted by molar-refractivity contribution is 7.89. The Morgan fingerprint density at radius 3 is 2.93 bits per heavy atom. The number of nitrogens with zero attached hydrogens (tertiary/aromatic N) is 3. The van der Waals surface area contributed by atoms with Gasteiger partial charge in [0.25, 0.3) is 0 Å². The highest BCUT2D eigenvalue weighted by Crippen LogP contribution is 2.35. The first kappa shape index (κ1) is 20.2. The van der Waals surface area contributed by atoms with Crippen LogP contribution in [0.4, 0.5) is 0 Å². The summed E-state index contributed by atoms with van der Waals surface area (Å²) in [7, 11) is -4.21. The highest BCUT2D eigenvalue weighted by atomic mass is 32.2. The van der Waals surface area contributed by atoms with Crippen molar-refractivity contribution in [1.29, 1.82) is 5.26 Å². The molecule has 11 heteroatoms. The zero-order valence-corrected chi connectivity index (χ0v) is 15.7. The van der Waals surface area contributed by atoms with E-state index in [1.807, 2.05) is 0 Å². The lowest BCUT2D eigenvalue weighted by atomic mass is 9.86. The molecule has 1 aromatic carbocycles. The third kappa shape index (κ3) is 3.47.